The smallest absolute Gasteiger partial charge is 0.163 e. The highest BCUT2D eigenvalue weighted by Gasteiger charge is 2.12. The van der Waals surface area contributed by atoms with E-state index in [2.05, 4.69) is 11.4 Å². The number of benzene rings is 3. The Morgan fingerprint density at radius 2 is 1.48 bits per heavy atom. The molecule has 1 N–H and O–H groups in total. The fourth-order valence-corrected chi connectivity index (χ4v) is 3.82. The first-order chi connectivity index (χ1) is 15.0. The number of rotatable bonds is 10. The monoisotopic (exact) mass is 479 g/mol. The first kappa shape index (κ1) is 23.6. The Kier molecular flexibility index (Phi) is 8.73. The summed E-state index contributed by atoms with van der Waals surface area (Å²) in [4.78, 5) is 0. The third-order valence-corrected chi connectivity index (χ3v) is 5.75. The maximum Gasteiger partial charge on any atom is 0.163 e. The van der Waals surface area contributed by atoms with Crippen molar-refractivity contribution < 1.29 is 14.2 Å². The summed E-state index contributed by atoms with van der Waals surface area (Å²) >= 11 is 18.7. The van der Waals surface area contributed by atoms with Crippen molar-refractivity contribution in [1.29, 1.82) is 0 Å². The molecule has 0 saturated heterocycles. The van der Waals surface area contributed by atoms with Crippen LogP contribution in [-0.2, 0) is 19.6 Å². The van der Waals surface area contributed by atoms with E-state index in [0.29, 0.717) is 33.1 Å². The highest BCUT2D eigenvalue weighted by molar-refractivity contribution is 6.35. The van der Waals surface area contributed by atoms with E-state index in [-0.39, 0.29) is 6.61 Å². The average molecular weight is 481 g/mol. The maximum atomic E-state index is 6.50. The minimum atomic E-state index is 0.277. The molecule has 0 heterocycles. The zero-order valence-electron chi connectivity index (χ0n) is 17.4. The lowest BCUT2D eigenvalue weighted by atomic mass is 10.1. The van der Waals surface area contributed by atoms with Crippen molar-refractivity contribution in [2.24, 2.45) is 0 Å². The van der Waals surface area contributed by atoms with Crippen molar-refractivity contribution in [1.82, 2.24) is 5.32 Å². The molecule has 0 unspecified atom stereocenters. The lowest BCUT2D eigenvalue weighted by Gasteiger charge is -2.15. The van der Waals surface area contributed by atoms with Crippen LogP contribution in [-0.4, -0.2) is 20.8 Å². The topological polar surface area (TPSA) is 39.7 Å². The zero-order valence-corrected chi connectivity index (χ0v) is 19.7. The molecule has 3 rings (SSSR count). The number of ether oxygens (including phenoxy) is 3. The Labute approximate surface area is 198 Å². The molecule has 0 amide bonds. The van der Waals surface area contributed by atoms with Crippen LogP contribution < -0.4 is 19.5 Å². The second kappa shape index (κ2) is 11.5. The SMILES string of the molecule is COc1ccccc1CCNCc1cc(OC)c(OCc2ccc(Cl)cc2Cl)cc1Cl. The molecule has 0 aromatic heterocycles. The van der Waals surface area contributed by atoms with Crippen molar-refractivity contribution in [2.45, 2.75) is 19.6 Å². The highest BCUT2D eigenvalue weighted by Crippen LogP contribution is 2.34. The first-order valence-electron chi connectivity index (χ1n) is 9.77. The van der Waals surface area contributed by atoms with Gasteiger partial charge in [-0.1, -0.05) is 59.1 Å². The molecule has 0 radical (unpaired) electrons. The second-order valence-corrected chi connectivity index (χ2v) is 8.11. The molecule has 0 aliphatic rings. The summed E-state index contributed by atoms with van der Waals surface area (Å²) in [6.07, 6.45) is 0.849. The van der Waals surface area contributed by atoms with E-state index in [1.54, 1.807) is 32.4 Å². The number of halogens is 3. The second-order valence-electron chi connectivity index (χ2n) is 6.86. The number of methoxy groups -OCH3 is 2. The molecule has 0 atom stereocenters. The first-order valence-corrected chi connectivity index (χ1v) is 10.9. The van der Waals surface area contributed by atoms with Crippen molar-refractivity contribution in [3.63, 3.8) is 0 Å². The third-order valence-electron chi connectivity index (χ3n) is 4.81. The van der Waals surface area contributed by atoms with Gasteiger partial charge in [-0.2, -0.15) is 0 Å². The summed E-state index contributed by atoms with van der Waals surface area (Å²) in [6.45, 7) is 1.67. The Morgan fingerprint density at radius 3 is 2.23 bits per heavy atom. The summed E-state index contributed by atoms with van der Waals surface area (Å²) in [7, 11) is 3.28. The molecule has 0 bridgehead atoms. The number of hydrogen-bond donors (Lipinski definition) is 1. The van der Waals surface area contributed by atoms with E-state index in [9.17, 15) is 0 Å². The van der Waals surface area contributed by atoms with Crippen molar-refractivity contribution in [3.8, 4) is 17.2 Å². The number of nitrogens with one attached hydrogen (secondary N) is 1. The van der Waals surface area contributed by atoms with E-state index >= 15 is 0 Å². The van der Waals surface area contributed by atoms with E-state index in [1.165, 1.54) is 0 Å². The van der Waals surface area contributed by atoms with Gasteiger partial charge in [-0.15, -0.1) is 0 Å². The van der Waals surface area contributed by atoms with Crippen molar-refractivity contribution >= 4 is 34.8 Å². The predicted octanol–water partition coefficient (Wildman–Crippen LogP) is 6.58. The van der Waals surface area contributed by atoms with E-state index in [4.69, 9.17) is 49.0 Å². The van der Waals surface area contributed by atoms with Crippen LogP contribution in [0.2, 0.25) is 15.1 Å². The van der Waals surface area contributed by atoms with Crippen LogP contribution in [0, 0.1) is 0 Å². The predicted molar refractivity (Wildman–Crippen MR) is 127 cm³/mol. The lowest BCUT2D eigenvalue weighted by molar-refractivity contribution is 0.284. The van der Waals surface area contributed by atoms with Gasteiger partial charge in [0.2, 0.25) is 0 Å². The lowest BCUT2D eigenvalue weighted by Crippen LogP contribution is -2.17. The van der Waals surface area contributed by atoms with E-state index in [0.717, 1.165) is 35.4 Å². The molecular formula is C24H24Cl3NO3. The average Bonchev–Trinajstić information content (AvgIpc) is 2.77. The van der Waals surface area contributed by atoms with Crippen LogP contribution >= 0.6 is 34.8 Å². The van der Waals surface area contributed by atoms with Gasteiger partial charge in [0.15, 0.2) is 11.5 Å². The van der Waals surface area contributed by atoms with Crippen LogP contribution in [0.1, 0.15) is 16.7 Å². The Bertz CT molecular complexity index is 1030. The summed E-state index contributed by atoms with van der Waals surface area (Å²) in [5.41, 5.74) is 2.91. The van der Waals surface area contributed by atoms with Crippen LogP contribution in [0.4, 0.5) is 0 Å². The number of hydrogen-bond acceptors (Lipinski definition) is 4. The zero-order chi connectivity index (χ0) is 22.2. The van der Waals surface area contributed by atoms with Crippen LogP contribution in [0.15, 0.2) is 54.6 Å². The molecule has 4 nitrogen and oxygen atoms in total. The van der Waals surface area contributed by atoms with Gasteiger partial charge in [-0.05, 0) is 48.4 Å². The van der Waals surface area contributed by atoms with Crippen LogP contribution in [0.3, 0.4) is 0 Å². The molecule has 0 spiro atoms. The normalized spacial score (nSPS) is 10.7. The van der Waals surface area contributed by atoms with Gasteiger partial charge >= 0.3 is 0 Å². The van der Waals surface area contributed by atoms with E-state index in [1.807, 2.05) is 30.3 Å². The molecule has 0 aliphatic carbocycles. The van der Waals surface area contributed by atoms with E-state index < -0.39 is 0 Å². The molecule has 164 valence electrons. The van der Waals surface area contributed by atoms with Crippen molar-refractivity contribution in [3.05, 3.63) is 86.4 Å². The maximum absolute atomic E-state index is 6.50. The standard InChI is InChI=1S/C24H24Cl3NO3/c1-29-22-6-4-3-5-16(22)9-10-28-14-18-11-23(30-2)24(13-21(18)27)31-15-17-7-8-19(25)12-20(17)26/h3-8,11-13,28H,9-10,14-15H2,1-2H3. The summed E-state index contributed by atoms with van der Waals surface area (Å²) in [5.74, 6) is 2.05. The molecule has 3 aromatic carbocycles. The fourth-order valence-electron chi connectivity index (χ4n) is 3.13. The van der Waals surface area contributed by atoms with Crippen molar-refractivity contribution in [2.75, 3.05) is 20.8 Å². The summed E-state index contributed by atoms with van der Waals surface area (Å²) in [6, 6.07) is 16.9. The largest absolute Gasteiger partial charge is 0.496 e. The van der Waals surface area contributed by atoms with Crippen LogP contribution in [0.5, 0.6) is 17.2 Å². The highest BCUT2D eigenvalue weighted by atomic mass is 35.5. The molecule has 31 heavy (non-hydrogen) atoms. The van der Waals surface area contributed by atoms with Crippen LogP contribution in [0.25, 0.3) is 0 Å². The van der Waals surface area contributed by atoms with Gasteiger partial charge in [0.25, 0.3) is 0 Å². The Morgan fingerprint density at radius 1 is 0.742 bits per heavy atom. The third kappa shape index (κ3) is 6.44. The Hall–Kier alpha value is -2.11. The van der Waals surface area contributed by atoms with Gasteiger partial charge in [-0.3, -0.25) is 0 Å². The van der Waals surface area contributed by atoms with Gasteiger partial charge in [0, 0.05) is 33.2 Å². The van der Waals surface area contributed by atoms with Gasteiger partial charge < -0.3 is 19.5 Å². The van der Waals surface area contributed by atoms with Gasteiger partial charge in [0.1, 0.15) is 12.4 Å². The molecule has 3 aromatic rings. The number of para-hydroxylation sites is 1. The fraction of sp³-hybridized carbons (Fsp3) is 0.250. The minimum absolute atomic E-state index is 0.277. The molecule has 0 fully saturated rings. The van der Waals surface area contributed by atoms with Gasteiger partial charge in [-0.25, -0.2) is 0 Å². The molecule has 0 saturated carbocycles. The minimum Gasteiger partial charge on any atom is -0.496 e. The molecule has 7 heteroatoms. The summed E-state index contributed by atoms with van der Waals surface area (Å²) in [5, 5.41) is 5.15. The quantitative estimate of drug-likeness (QED) is 0.333. The molecule has 0 aliphatic heterocycles. The Balaban J connectivity index is 1.60. The molecular weight excluding hydrogens is 457 g/mol. The van der Waals surface area contributed by atoms with Gasteiger partial charge in [0.05, 0.1) is 14.2 Å². The summed E-state index contributed by atoms with van der Waals surface area (Å²) < 4.78 is 16.8.